The van der Waals surface area contributed by atoms with E-state index in [1.54, 1.807) is 0 Å². The van der Waals surface area contributed by atoms with Crippen molar-refractivity contribution in [3.05, 3.63) is 63.3 Å². The maximum absolute atomic E-state index is 13.1. The van der Waals surface area contributed by atoms with E-state index >= 15 is 0 Å². The van der Waals surface area contributed by atoms with Crippen molar-refractivity contribution < 1.29 is 9.18 Å². The summed E-state index contributed by atoms with van der Waals surface area (Å²) in [4.78, 5) is 12.1. The second-order valence-electron chi connectivity index (χ2n) is 4.44. The van der Waals surface area contributed by atoms with Gasteiger partial charge in [0.2, 0.25) is 5.91 Å². The number of halogens is 3. The Kier molecular flexibility index (Phi) is 5.67. The Balaban J connectivity index is 2.08. The van der Waals surface area contributed by atoms with Crippen molar-refractivity contribution in [2.75, 3.05) is 5.32 Å². The Morgan fingerprint density at radius 3 is 2.62 bits per heavy atom. The van der Waals surface area contributed by atoms with Crippen LogP contribution >= 0.6 is 40.2 Å². The van der Waals surface area contributed by atoms with E-state index in [0.717, 1.165) is 11.6 Å². The number of carbonyl (C=O) groups excluding carboxylic acids is 1. The van der Waals surface area contributed by atoms with Crippen LogP contribution < -0.4 is 5.32 Å². The van der Waals surface area contributed by atoms with E-state index in [1.165, 1.54) is 6.07 Å². The van der Waals surface area contributed by atoms with Crippen LogP contribution in [-0.2, 0) is 11.2 Å². The first-order valence-corrected chi connectivity index (χ1v) is 7.83. The fourth-order valence-electron chi connectivity index (χ4n) is 1.80. The third kappa shape index (κ3) is 4.46. The molecule has 2 nitrogen and oxygen atoms in total. The van der Waals surface area contributed by atoms with Gasteiger partial charge in [0.15, 0.2) is 0 Å². The number of anilines is 1. The van der Waals surface area contributed by atoms with Gasteiger partial charge in [-0.15, -0.1) is 0 Å². The minimum Gasteiger partial charge on any atom is -0.323 e. The van der Waals surface area contributed by atoms with Crippen LogP contribution in [0.15, 0.2) is 46.9 Å². The first-order chi connectivity index (χ1) is 9.97. The van der Waals surface area contributed by atoms with Gasteiger partial charge in [-0.25, -0.2) is 4.39 Å². The lowest BCUT2D eigenvalue weighted by atomic mass is 10.1. The number of nitrogens with one attached hydrogen (secondary N) is 1. The molecule has 0 aliphatic rings. The molecule has 0 saturated carbocycles. The zero-order valence-corrected chi connectivity index (χ0v) is 14.1. The number of benzene rings is 2. The molecule has 21 heavy (non-hydrogen) atoms. The van der Waals surface area contributed by atoms with Crippen LogP contribution in [0.5, 0.6) is 0 Å². The quantitative estimate of drug-likeness (QED) is 0.729. The first kappa shape index (κ1) is 16.3. The van der Waals surface area contributed by atoms with E-state index in [-0.39, 0.29) is 10.9 Å². The van der Waals surface area contributed by atoms with Crippen LogP contribution in [0.1, 0.15) is 5.56 Å². The van der Waals surface area contributed by atoms with Gasteiger partial charge in [-0.2, -0.15) is 12.6 Å². The Morgan fingerprint density at radius 2 is 2.00 bits per heavy atom. The van der Waals surface area contributed by atoms with Crippen LogP contribution in [0.3, 0.4) is 0 Å². The lowest BCUT2D eigenvalue weighted by Gasteiger charge is -2.14. The number of thiol groups is 1. The lowest BCUT2D eigenvalue weighted by Crippen LogP contribution is -2.25. The van der Waals surface area contributed by atoms with Crippen LogP contribution in [0.4, 0.5) is 10.1 Å². The van der Waals surface area contributed by atoms with Crippen molar-refractivity contribution >= 4 is 51.8 Å². The molecule has 0 radical (unpaired) electrons. The zero-order chi connectivity index (χ0) is 15.4. The Bertz CT molecular complexity index is 630. The monoisotopic (exact) mass is 387 g/mol. The second kappa shape index (κ2) is 7.29. The predicted octanol–water partition coefficient (Wildman–Crippen LogP) is 4.72. The van der Waals surface area contributed by atoms with Gasteiger partial charge >= 0.3 is 0 Å². The van der Waals surface area contributed by atoms with Crippen LogP contribution in [0, 0.1) is 5.82 Å². The molecule has 2 aromatic rings. The second-order valence-corrected chi connectivity index (χ2v) is 6.32. The van der Waals surface area contributed by atoms with Crippen LogP contribution in [-0.4, -0.2) is 11.2 Å². The molecule has 1 amide bonds. The number of amides is 1. The molecule has 1 N–H and O–H groups in total. The summed E-state index contributed by atoms with van der Waals surface area (Å²) in [5, 5.41) is 2.27. The van der Waals surface area contributed by atoms with Crippen molar-refractivity contribution in [3.63, 3.8) is 0 Å². The van der Waals surface area contributed by atoms with Gasteiger partial charge in [-0.3, -0.25) is 4.79 Å². The van der Waals surface area contributed by atoms with Crippen molar-refractivity contribution in [2.24, 2.45) is 0 Å². The summed E-state index contributed by atoms with van der Waals surface area (Å²) in [5.41, 5.74) is 1.35. The summed E-state index contributed by atoms with van der Waals surface area (Å²) >= 11 is 13.4. The van der Waals surface area contributed by atoms with Gasteiger partial charge in [0, 0.05) is 4.47 Å². The molecule has 0 bridgehead atoms. The smallest absolute Gasteiger partial charge is 0.237 e. The van der Waals surface area contributed by atoms with E-state index < -0.39 is 11.1 Å². The fourth-order valence-corrected chi connectivity index (χ4v) is 2.97. The summed E-state index contributed by atoms with van der Waals surface area (Å²) in [5.74, 6) is -0.770. The maximum atomic E-state index is 13.1. The van der Waals surface area contributed by atoms with Crippen molar-refractivity contribution in [2.45, 2.75) is 11.7 Å². The molecule has 2 aromatic carbocycles. The molecular weight excluding hydrogens is 377 g/mol. The normalized spacial score (nSPS) is 12.0. The molecule has 0 aliphatic carbocycles. The number of hydrogen-bond acceptors (Lipinski definition) is 2. The molecule has 0 aromatic heterocycles. The summed E-state index contributed by atoms with van der Waals surface area (Å²) in [6.07, 6.45) is 0.492. The van der Waals surface area contributed by atoms with Gasteiger partial charge < -0.3 is 5.32 Å². The third-order valence-electron chi connectivity index (χ3n) is 2.83. The van der Waals surface area contributed by atoms with E-state index in [2.05, 4.69) is 33.9 Å². The topological polar surface area (TPSA) is 29.1 Å². The highest BCUT2D eigenvalue weighted by molar-refractivity contribution is 9.10. The summed E-state index contributed by atoms with van der Waals surface area (Å²) < 4.78 is 13.5. The van der Waals surface area contributed by atoms with Gasteiger partial charge in [-0.1, -0.05) is 41.9 Å². The SMILES string of the molecule is O=C(Nc1c(Cl)cc(F)cc1Br)C(S)Cc1ccccc1. The molecule has 1 atom stereocenters. The Labute approximate surface area is 141 Å². The van der Waals surface area contributed by atoms with E-state index in [0.29, 0.717) is 16.6 Å². The highest BCUT2D eigenvalue weighted by atomic mass is 79.9. The fraction of sp³-hybridized carbons (Fsp3) is 0.133. The van der Waals surface area contributed by atoms with Gasteiger partial charge in [0.05, 0.1) is 16.0 Å². The van der Waals surface area contributed by atoms with E-state index in [9.17, 15) is 9.18 Å². The summed E-state index contributed by atoms with van der Waals surface area (Å²) in [6.45, 7) is 0. The molecule has 0 aliphatic heterocycles. The summed E-state index contributed by atoms with van der Waals surface area (Å²) in [7, 11) is 0. The van der Waals surface area contributed by atoms with Crippen molar-refractivity contribution in [1.29, 1.82) is 0 Å². The number of hydrogen-bond donors (Lipinski definition) is 2. The van der Waals surface area contributed by atoms with Crippen molar-refractivity contribution in [1.82, 2.24) is 0 Å². The average molecular weight is 389 g/mol. The van der Waals surface area contributed by atoms with E-state index in [4.69, 9.17) is 11.6 Å². The first-order valence-electron chi connectivity index (χ1n) is 6.15. The minimum absolute atomic E-state index is 0.135. The molecule has 2 rings (SSSR count). The standard InChI is InChI=1S/C15H12BrClFNOS/c16-11-7-10(18)8-12(17)14(11)19-15(20)13(21)6-9-4-2-1-3-5-9/h1-5,7-8,13,21H,6H2,(H,19,20). The lowest BCUT2D eigenvalue weighted by molar-refractivity contribution is -0.115. The molecule has 110 valence electrons. The molecule has 0 saturated heterocycles. The molecule has 6 heteroatoms. The van der Waals surface area contributed by atoms with Crippen LogP contribution in [0.25, 0.3) is 0 Å². The van der Waals surface area contributed by atoms with Gasteiger partial charge in [0.25, 0.3) is 0 Å². The Hall–Kier alpha value is -1.04. The Morgan fingerprint density at radius 1 is 1.33 bits per heavy atom. The zero-order valence-electron chi connectivity index (χ0n) is 10.8. The number of rotatable bonds is 4. The molecular formula is C15H12BrClFNOS. The van der Waals surface area contributed by atoms with E-state index in [1.807, 2.05) is 30.3 Å². The molecule has 0 spiro atoms. The highest BCUT2D eigenvalue weighted by Crippen LogP contribution is 2.32. The summed E-state index contributed by atoms with van der Waals surface area (Å²) in [6, 6.07) is 12.0. The predicted molar refractivity (Wildman–Crippen MR) is 90.7 cm³/mol. The minimum atomic E-state index is -0.527. The average Bonchev–Trinajstić information content (AvgIpc) is 2.43. The van der Waals surface area contributed by atoms with Crippen LogP contribution in [0.2, 0.25) is 5.02 Å². The highest BCUT2D eigenvalue weighted by Gasteiger charge is 2.18. The maximum Gasteiger partial charge on any atom is 0.237 e. The van der Waals surface area contributed by atoms with Crippen molar-refractivity contribution in [3.8, 4) is 0 Å². The largest absolute Gasteiger partial charge is 0.323 e. The molecule has 0 heterocycles. The number of carbonyl (C=O) groups is 1. The molecule has 0 fully saturated rings. The third-order valence-corrected chi connectivity index (χ3v) is 4.17. The van der Waals surface area contributed by atoms with Gasteiger partial charge in [0.1, 0.15) is 5.82 Å². The van der Waals surface area contributed by atoms with Gasteiger partial charge in [-0.05, 0) is 40.0 Å². The molecule has 1 unspecified atom stereocenters.